The molecule has 1 aromatic carbocycles. The van der Waals surface area contributed by atoms with Crippen LogP contribution in [-0.2, 0) is 14.3 Å². The number of halogens is 2. The molecular formula is C17H23BrFNO3S. The molecule has 0 spiro atoms. The van der Waals surface area contributed by atoms with Gasteiger partial charge in [0.15, 0.2) is 0 Å². The molecule has 0 aromatic heterocycles. The van der Waals surface area contributed by atoms with Crippen LogP contribution in [-0.4, -0.2) is 23.7 Å². The second kappa shape index (κ2) is 10.0. The highest BCUT2D eigenvalue weighted by Crippen LogP contribution is 2.37. The Bertz CT molecular complexity index is 595. The van der Waals surface area contributed by atoms with Crippen molar-refractivity contribution >= 4 is 45.3 Å². The van der Waals surface area contributed by atoms with E-state index in [0.717, 1.165) is 0 Å². The molecule has 1 N–H and O–H groups in total. The van der Waals surface area contributed by atoms with Crippen LogP contribution in [0.3, 0.4) is 0 Å². The summed E-state index contributed by atoms with van der Waals surface area (Å²) in [6.45, 7) is 7.80. The molecule has 0 radical (unpaired) electrons. The summed E-state index contributed by atoms with van der Waals surface area (Å²) in [7, 11) is 0. The quantitative estimate of drug-likeness (QED) is 0.475. The fourth-order valence-electron chi connectivity index (χ4n) is 1.97. The van der Waals surface area contributed by atoms with Crippen LogP contribution in [0.25, 0.3) is 0 Å². The second-order valence-corrected chi connectivity index (χ2v) is 7.63. The van der Waals surface area contributed by atoms with Crippen LogP contribution >= 0.6 is 27.7 Å². The molecule has 4 nitrogen and oxygen atoms in total. The SMILES string of the molecule is CCCC(=O)Nc1cc(SC(C(=O)OCC)C(C)C)c(Br)cc1F. The molecule has 24 heavy (non-hydrogen) atoms. The van der Waals surface area contributed by atoms with Crippen LogP contribution in [0.15, 0.2) is 21.5 Å². The van der Waals surface area contributed by atoms with Gasteiger partial charge >= 0.3 is 5.97 Å². The van der Waals surface area contributed by atoms with Crippen LogP contribution in [0, 0.1) is 11.7 Å². The maximum atomic E-state index is 14.1. The van der Waals surface area contributed by atoms with Gasteiger partial charge in [-0.3, -0.25) is 9.59 Å². The third-order valence-corrected chi connectivity index (χ3v) is 5.65. The van der Waals surface area contributed by atoms with E-state index in [1.165, 1.54) is 17.8 Å². The molecule has 0 aliphatic heterocycles. The van der Waals surface area contributed by atoms with Crippen molar-refractivity contribution in [3.63, 3.8) is 0 Å². The molecule has 0 aliphatic rings. The van der Waals surface area contributed by atoms with Crippen molar-refractivity contribution in [1.29, 1.82) is 0 Å². The highest BCUT2D eigenvalue weighted by Gasteiger charge is 2.26. The summed E-state index contributed by atoms with van der Waals surface area (Å²) < 4.78 is 19.7. The number of anilines is 1. The Labute approximate surface area is 155 Å². The Hall–Kier alpha value is -1.08. The van der Waals surface area contributed by atoms with E-state index in [0.29, 0.717) is 28.8 Å². The van der Waals surface area contributed by atoms with Gasteiger partial charge in [0.05, 0.1) is 12.3 Å². The minimum absolute atomic E-state index is 0.0455. The lowest BCUT2D eigenvalue weighted by Gasteiger charge is -2.20. The summed E-state index contributed by atoms with van der Waals surface area (Å²) in [5, 5.41) is 2.16. The van der Waals surface area contributed by atoms with Crippen LogP contribution in [0.1, 0.15) is 40.5 Å². The topological polar surface area (TPSA) is 55.4 Å². The fraction of sp³-hybridized carbons (Fsp3) is 0.529. The highest BCUT2D eigenvalue weighted by atomic mass is 79.9. The summed E-state index contributed by atoms with van der Waals surface area (Å²) in [5.74, 6) is -1.01. The first-order valence-electron chi connectivity index (χ1n) is 7.92. The first kappa shape index (κ1) is 21.0. The monoisotopic (exact) mass is 419 g/mol. The van der Waals surface area contributed by atoms with Gasteiger partial charge in [0.2, 0.25) is 5.91 Å². The largest absolute Gasteiger partial charge is 0.465 e. The molecule has 1 aromatic rings. The van der Waals surface area contributed by atoms with Gasteiger partial charge in [-0.05, 0) is 47.3 Å². The third kappa shape index (κ3) is 6.09. The second-order valence-electron chi connectivity index (χ2n) is 5.60. The zero-order valence-corrected chi connectivity index (χ0v) is 16.7. The summed E-state index contributed by atoms with van der Waals surface area (Å²) in [4.78, 5) is 24.5. The number of ether oxygens (including phenoxy) is 1. The van der Waals surface area contributed by atoms with E-state index in [2.05, 4.69) is 21.2 Å². The Morgan fingerprint density at radius 3 is 2.54 bits per heavy atom. The standard InChI is InChI=1S/C17H23BrFNO3S/c1-5-7-15(21)20-13-9-14(11(18)8-12(13)19)24-16(10(3)4)17(22)23-6-2/h8-10,16H,5-7H2,1-4H3,(H,20,21). The van der Waals surface area contributed by atoms with Gasteiger partial charge in [-0.1, -0.05) is 20.8 Å². The van der Waals surface area contributed by atoms with Crippen molar-refractivity contribution in [3.05, 3.63) is 22.4 Å². The van der Waals surface area contributed by atoms with E-state index < -0.39 is 11.1 Å². The Kier molecular flexibility index (Phi) is 8.76. The van der Waals surface area contributed by atoms with E-state index >= 15 is 0 Å². The number of carbonyl (C=O) groups is 2. The van der Waals surface area contributed by atoms with Crippen molar-refractivity contribution in [3.8, 4) is 0 Å². The molecular weight excluding hydrogens is 397 g/mol. The normalized spacial score (nSPS) is 12.1. The van der Waals surface area contributed by atoms with Gasteiger partial charge in [-0.2, -0.15) is 0 Å². The number of hydrogen-bond donors (Lipinski definition) is 1. The molecule has 1 amide bonds. The number of thioether (sulfide) groups is 1. The number of nitrogens with one attached hydrogen (secondary N) is 1. The van der Waals surface area contributed by atoms with Gasteiger partial charge in [0, 0.05) is 15.8 Å². The summed E-state index contributed by atoms with van der Waals surface area (Å²) in [5.41, 5.74) is 0.116. The predicted octanol–water partition coefficient (Wildman–Crippen LogP) is 5.01. The van der Waals surface area contributed by atoms with Crippen LogP contribution < -0.4 is 5.32 Å². The number of rotatable bonds is 8. The van der Waals surface area contributed by atoms with Gasteiger partial charge in [-0.25, -0.2) is 4.39 Å². The molecule has 0 bridgehead atoms. The van der Waals surface area contributed by atoms with E-state index in [4.69, 9.17) is 4.74 Å². The summed E-state index contributed by atoms with van der Waals surface area (Å²) >= 11 is 4.61. The van der Waals surface area contributed by atoms with Crippen molar-refractivity contribution < 1.29 is 18.7 Å². The summed E-state index contributed by atoms with van der Waals surface area (Å²) in [6, 6.07) is 2.85. The zero-order chi connectivity index (χ0) is 18.3. The van der Waals surface area contributed by atoms with E-state index in [-0.39, 0.29) is 23.5 Å². The van der Waals surface area contributed by atoms with E-state index in [1.54, 1.807) is 13.0 Å². The molecule has 1 unspecified atom stereocenters. The zero-order valence-electron chi connectivity index (χ0n) is 14.3. The Morgan fingerprint density at radius 2 is 2.00 bits per heavy atom. The average molecular weight is 420 g/mol. The van der Waals surface area contributed by atoms with Crippen molar-refractivity contribution in [2.24, 2.45) is 5.92 Å². The molecule has 0 saturated carbocycles. The maximum Gasteiger partial charge on any atom is 0.319 e. The van der Waals surface area contributed by atoms with Crippen molar-refractivity contribution in [2.45, 2.75) is 50.7 Å². The van der Waals surface area contributed by atoms with Crippen molar-refractivity contribution in [2.75, 3.05) is 11.9 Å². The molecule has 0 aliphatic carbocycles. The number of hydrogen-bond acceptors (Lipinski definition) is 4. The van der Waals surface area contributed by atoms with Gasteiger partial charge in [0.25, 0.3) is 0 Å². The first-order valence-corrected chi connectivity index (χ1v) is 9.59. The Morgan fingerprint density at radius 1 is 1.33 bits per heavy atom. The predicted molar refractivity (Wildman–Crippen MR) is 98.8 cm³/mol. The van der Waals surface area contributed by atoms with Gasteiger partial charge in [0.1, 0.15) is 11.1 Å². The number of benzene rings is 1. The maximum absolute atomic E-state index is 14.1. The average Bonchev–Trinajstić information content (AvgIpc) is 2.48. The number of amides is 1. The smallest absolute Gasteiger partial charge is 0.319 e. The molecule has 0 heterocycles. The molecule has 1 atom stereocenters. The molecule has 1 rings (SSSR count). The molecule has 0 saturated heterocycles. The minimum atomic E-state index is -0.520. The fourth-order valence-corrected chi connectivity index (χ4v) is 3.64. The van der Waals surface area contributed by atoms with Crippen LogP contribution in [0.2, 0.25) is 0 Å². The van der Waals surface area contributed by atoms with Crippen LogP contribution in [0.5, 0.6) is 0 Å². The number of esters is 1. The molecule has 0 fully saturated rings. The molecule has 134 valence electrons. The van der Waals surface area contributed by atoms with Crippen LogP contribution in [0.4, 0.5) is 10.1 Å². The molecule has 7 heteroatoms. The van der Waals surface area contributed by atoms with Crippen molar-refractivity contribution in [1.82, 2.24) is 0 Å². The van der Waals surface area contributed by atoms with Gasteiger partial charge < -0.3 is 10.1 Å². The lowest BCUT2D eigenvalue weighted by Crippen LogP contribution is -2.25. The van der Waals surface area contributed by atoms with E-state index in [9.17, 15) is 14.0 Å². The lowest BCUT2D eigenvalue weighted by atomic mass is 10.1. The first-order chi connectivity index (χ1) is 11.3. The summed E-state index contributed by atoms with van der Waals surface area (Å²) in [6.07, 6.45) is 1.01. The van der Waals surface area contributed by atoms with E-state index in [1.807, 2.05) is 20.8 Å². The minimum Gasteiger partial charge on any atom is -0.465 e. The lowest BCUT2D eigenvalue weighted by molar-refractivity contribution is -0.143. The number of carbonyl (C=O) groups excluding carboxylic acids is 2. The van der Waals surface area contributed by atoms with Gasteiger partial charge in [-0.15, -0.1) is 11.8 Å². The highest BCUT2D eigenvalue weighted by molar-refractivity contribution is 9.10. The Balaban J connectivity index is 3.05. The third-order valence-electron chi connectivity index (χ3n) is 3.15.